The highest BCUT2D eigenvalue weighted by Crippen LogP contribution is 2.31. The fourth-order valence-electron chi connectivity index (χ4n) is 4.45. The molecule has 172 valence electrons. The van der Waals surface area contributed by atoms with Gasteiger partial charge in [0.05, 0.1) is 0 Å². The zero-order valence-corrected chi connectivity index (χ0v) is 19.9. The second kappa shape index (κ2) is 12.8. The van der Waals surface area contributed by atoms with Crippen LogP contribution < -0.4 is 21.9 Å². The maximum Gasteiger partial charge on any atom is 0.0292 e. The van der Waals surface area contributed by atoms with Crippen molar-refractivity contribution in [2.75, 3.05) is 0 Å². The van der Waals surface area contributed by atoms with Gasteiger partial charge in [0.25, 0.3) is 0 Å². The van der Waals surface area contributed by atoms with E-state index in [4.69, 9.17) is 11.5 Å². The average molecular weight is 439 g/mol. The summed E-state index contributed by atoms with van der Waals surface area (Å²) in [7, 11) is 0. The molecule has 4 N–H and O–H groups in total. The van der Waals surface area contributed by atoms with Crippen molar-refractivity contribution in [1.82, 2.24) is 0 Å². The summed E-state index contributed by atoms with van der Waals surface area (Å²) < 4.78 is 0. The van der Waals surface area contributed by atoms with Crippen molar-refractivity contribution < 1.29 is 0 Å². The first kappa shape index (κ1) is 24.5. The van der Waals surface area contributed by atoms with Crippen LogP contribution >= 0.6 is 0 Å². The Bertz CT molecular complexity index is 1130. The van der Waals surface area contributed by atoms with Crippen LogP contribution in [-0.4, -0.2) is 0 Å². The predicted molar refractivity (Wildman–Crippen MR) is 144 cm³/mol. The van der Waals surface area contributed by atoms with Crippen LogP contribution in [-0.2, 0) is 0 Å². The van der Waals surface area contributed by atoms with Crippen LogP contribution in [0.2, 0.25) is 0 Å². The molecule has 1 aliphatic rings. The lowest BCUT2D eigenvalue weighted by atomic mass is 9.84. The average Bonchev–Trinajstić information content (AvgIpc) is 2.86. The van der Waals surface area contributed by atoms with Gasteiger partial charge < -0.3 is 11.5 Å². The van der Waals surface area contributed by atoms with E-state index in [0.717, 1.165) is 37.3 Å². The Balaban J connectivity index is 1.77. The van der Waals surface area contributed by atoms with Crippen molar-refractivity contribution in [3.05, 3.63) is 113 Å². The minimum absolute atomic E-state index is 0.0977. The van der Waals surface area contributed by atoms with Gasteiger partial charge in [0.2, 0.25) is 0 Å². The molecule has 33 heavy (non-hydrogen) atoms. The van der Waals surface area contributed by atoms with Crippen LogP contribution in [0.15, 0.2) is 91.2 Å². The lowest BCUT2D eigenvalue weighted by Gasteiger charge is -2.21. The molecule has 2 heteroatoms. The highest BCUT2D eigenvalue weighted by Gasteiger charge is 2.16. The number of allylic oxidation sites excluding steroid dienone is 7. The molecule has 2 atom stereocenters. The third kappa shape index (κ3) is 6.94. The Morgan fingerprint density at radius 1 is 1.12 bits per heavy atom. The second-order valence-electron chi connectivity index (χ2n) is 8.74. The monoisotopic (exact) mass is 438 g/mol. The lowest BCUT2D eigenvalue weighted by molar-refractivity contribution is 0.698. The Morgan fingerprint density at radius 3 is 2.70 bits per heavy atom. The van der Waals surface area contributed by atoms with Gasteiger partial charge in [-0.25, -0.2) is 0 Å². The van der Waals surface area contributed by atoms with Crippen LogP contribution in [0, 0.1) is 5.92 Å². The summed E-state index contributed by atoms with van der Waals surface area (Å²) in [5, 5.41) is 2.42. The van der Waals surface area contributed by atoms with Gasteiger partial charge in [-0.05, 0) is 84.0 Å². The standard InChI is InChI=1S/C31H38N2/c1-3-31(33)28-15-12-14-27(23-28)25-18-20-26(21-19-25)30(29-16-10-9-13-24(29)2)17-8-6-4-5-7-11-22-32/h5,7,9-16,18-20,22-23,26,31H,2-4,6,8,17,21,32-33H2,1H3/b7-5-,22-11-,30-29+. The number of unbranched alkanes of at least 4 members (excludes halogenated alkanes) is 2. The Kier molecular flexibility index (Phi) is 9.53. The molecule has 0 bridgehead atoms. The number of rotatable bonds is 10. The second-order valence-corrected chi connectivity index (χ2v) is 8.74. The summed E-state index contributed by atoms with van der Waals surface area (Å²) in [6, 6.07) is 17.3. The lowest BCUT2D eigenvalue weighted by Crippen LogP contribution is -2.27. The molecular weight excluding hydrogens is 400 g/mol. The largest absolute Gasteiger partial charge is 0.405 e. The summed E-state index contributed by atoms with van der Waals surface area (Å²) in [6.45, 7) is 6.44. The Hall–Kier alpha value is -3.10. The highest BCUT2D eigenvalue weighted by molar-refractivity contribution is 5.76. The number of hydrogen-bond donors (Lipinski definition) is 2. The van der Waals surface area contributed by atoms with Gasteiger partial charge in [-0.3, -0.25) is 0 Å². The number of benzene rings is 2. The van der Waals surface area contributed by atoms with Gasteiger partial charge in [-0.15, -0.1) is 0 Å². The van der Waals surface area contributed by atoms with Crippen molar-refractivity contribution in [3.8, 4) is 0 Å². The minimum Gasteiger partial charge on any atom is -0.405 e. The molecule has 2 unspecified atom stereocenters. The van der Waals surface area contributed by atoms with Gasteiger partial charge in [-0.1, -0.05) is 91.9 Å². The molecule has 0 aliphatic heterocycles. The van der Waals surface area contributed by atoms with Crippen LogP contribution in [0.1, 0.15) is 62.6 Å². The van der Waals surface area contributed by atoms with E-state index < -0.39 is 0 Å². The summed E-state index contributed by atoms with van der Waals surface area (Å²) in [6.07, 6.45) is 21.2. The van der Waals surface area contributed by atoms with E-state index in [1.165, 1.54) is 33.9 Å². The van der Waals surface area contributed by atoms with E-state index in [9.17, 15) is 0 Å². The molecule has 1 aliphatic carbocycles. The van der Waals surface area contributed by atoms with Gasteiger partial charge in [0, 0.05) is 12.0 Å². The number of nitrogens with two attached hydrogens (primary N) is 2. The van der Waals surface area contributed by atoms with Crippen molar-refractivity contribution in [2.45, 2.75) is 51.5 Å². The predicted octanol–water partition coefficient (Wildman–Crippen LogP) is 5.91. The molecule has 0 aromatic heterocycles. The number of hydrogen-bond acceptors (Lipinski definition) is 2. The van der Waals surface area contributed by atoms with E-state index in [1.807, 2.05) is 12.2 Å². The summed E-state index contributed by atoms with van der Waals surface area (Å²) in [5.74, 6) is 0.411. The molecule has 0 spiro atoms. The highest BCUT2D eigenvalue weighted by atomic mass is 14.6. The SMILES string of the molecule is C=c1cccc/c1=C(/CCCC/C=C\C=C/N)C1C=CC(c2cccc(C(N)CC)c2)=CC1. The first-order chi connectivity index (χ1) is 16.1. The fourth-order valence-corrected chi connectivity index (χ4v) is 4.45. The first-order valence-corrected chi connectivity index (χ1v) is 12.2. The van der Waals surface area contributed by atoms with Gasteiger partial charge in [0.15, 0.2) is 0 Å². The Labute approximate surface area is 199 Å². The van der Waals surface area contributed by atoms with Gasteiger partial charge in [-0.2, -0.15) is 0 Å². The van der Waals surface area contributed by atoms with Crippen molar-refractivity contribution >= 4 is 17.7 Å². The zero-order valence-electron chi connectivity index (χ0n) is 19.9. The van der Waals surface area contributed by atoms with E-state index in [-0.39, 0.29) is 6.04 Å². The molecule has 0 saturated carbocycles. The summed E-state index contributed by atoms with van der Waals surface area (Å²) in [5.41, 5.74) is 16.9. The minimum atomic E-state index is 0.0977. The van der Waals surface area contributed by atoms with Crippen LogP contribution in [0.5, 0.6) is 0 Å². The third-order valence-electron chi connectivity index (χ3n) is 6.42. The molecule has 2 nitrogen and oxygen atoms in total. The van der Waals surface area contributed by atoms with E-state index in [1.54, 1.807) is 6.20 Å². The quantitative estimate of drug-likeness (QED) is 0.358. The molecule has 2 aromatic rings. The van der Waals surface area contributed by atoms with Gasteiger partial charge >= 0.3 is 0 Å². The van der Waals surface area contributed by atoms with Crippen molar-refractivity contribution in [3.63, 3.8) is 0 Å². The van der Waals surface area contributed by atoms with Gasteiger partial charge in [0.1, 0.15) is 0 Å². The molecular formula is C31H38N2. The zero-order chi connectivity index (χ0) is 23.5. The summed E-state index contributed by atoms with van der Waals surface area (Å²) in [4.78, 5) is 0. The van der Waals surface area contributed by atoms with Crippen LogP contribution in [0.4, 0.5) is 0 Å². The van der Waals surface area contributed by atoms with E-state index in [0.29, 0.717) is 5.92 Å². The molecule has 0 fully saturated rings. The normalized spacial score (nSPS) is 18.0. The smallest absolute Gasteiger partial charge is 0.0292 e. The summed E-state index contributed by atoms with van der Waals surface area (Å²) >= 11 is 0. The van der Waals surface area contributed by atoms with Crippen molar-refractivity contribution in [1.29, 1.82) is 0 Å². The van der Waals surface area contributed by atoms with Crippen molar-refractivity contribution in [2.24, 2.45) is 17.4 Å². The van der Waals surface area contributed by atoms with Crippen LogP contribution in [0.3, 0.4) is 0 Å². The molecule has 0 saturated heterocycles. The molecule has 0 radical (unpaired) electrons. The molecule has 0 amide bonds. The maximum atomic E-state index is 6.27. The maximum absolute atomic E-state index is 6.27. The Morgan fingerprint density at radius 2 is 1.97 bits per heavy atom. The topological polar surface area (TPSA) is 52.0 Å². The van der Waals surface area contributed by atoms with E-state index >= 15 is 0 Å². The van der Waals surface area contributed by atoms with Crippen LogP contribution in [0.25, 0.3) is 17.7 Å². The van der Waals surface area contributed by atoms with E-state index in [2.05, 4.69) is 86.3 Å². The molecule has 3 rings (SSSR count). The fraction of sp³-hybridized carbons (Fsp3) is 0.290. The third-order valence-corrected chi connectivity index (χ3v) is 6.42. The first-order valence-electron chi connectivity index (χ1n) is 12.2. The molecule has 2 aromatic carbocycles. The molecule has 0 heterocycles.